The molecule has 1 aliphatic rings. The third-order valence-electron chi connectivity index (χ3n) is 4.81. The summed E-state index contributed by atoms with van der Waals surface area (Å²) in [4.78, 5) is 0. The molecule has 7 N–H and O–H groups in total. The first-order valence-electron chi connectivity index (χ1n) is 11.0. The maximum absolute atomic E-state index is 6.50. The lowest BCUT2D eigenvalue weighted by Gasteiger charge is -2.27. The van der Waals surface area contributed by atoms with Gasteiger partial charge in [0.25, 0.3) is 0 Å². The van der Waals surface area contributed by atoms with Gasteiger partial charge >= 0.3 is 0 Å². The van der Waals surface area contributed by atoms with Gasteiger partial charge in [0.2, 0.25) is 0 Å². The molecule has 1 fully saturated rings. The van der Waals surface area contributed by atoms with Crippen LogP contribution in [0.25, 0.3) is 0 Å². The summed E-state index contributed by atoms with van der Waals surface area (Å²) in [7, 11) is 1.92. The molecule has 7 heteroatoms. The highest BCUT2D eigenvalue weighted by Gasteiger charge is 2.16. The van der Waals surface area contributed by atoms with E-state index in [2.05, 4.69) is 71.7 Å². The number of nitrogens with two attached hydrogens (primary N) is 2. The third kappa shape index (κ3) is 10.8. The van der Waals surface area contributed by atoms with Crippen molar-refractivity contribution in [2.45, 2.75) is 47.0 Å². The van der Waals surface area contributed by atoms with Crippen LogP contribution in [0, 0.1) is 5.41 Å². The smallest absolute Gasteiger partial charge is 0.0473 e. The van der Waals surface area contributed by atoms with Gasteiger partial charge in [-0.3, -0.25) is 5.84 Å². The first-order chi connectivity index (χ1) is 14.2. The summed E-state index contributed by atoms with van der Waals surface area (Å²) >= 11 is 3.70. The molecule has 1 saturated heterocycles. The van der Waals surface area contributed by atoms with Crippen LogP contribution < -0.4 is 27.5 Å². The lowest BCUT2D eigenvalue weighted by Crippen LogP contribution is -2.40. The van der Waals surface area contributed by atoms with Gasteiger partial charge in [0.05, 0.1) is 0 Å². The van der Waals surface area contributed by atoms with Crippen LogP contribution in [0.15, 0.2) is 45.3 Å². The van der Waals surface area contributed by atoms with Crippen molar-refractivity contribution in [2.24, 2.45) is 17.0 Å². The van der Waals surface area contributed by atoms with Crippen molar-refractivity contribution in [1.29, 1.82) is 0 Å². The summed E-state index contributed by atoms with van der Waals surface area (Å²) in [6.07, 6.45) is 9.59. The van der Waals surface area contributed by atoms with Crippen LogP contribution in [0.3, 0.4) is 0 Å². The zero-order chi connectivity index (χ0) is 22.6. The summed E-state index contributed by atoms with van der Waals surface area (Å²) in [5.41, 5.74) is 11.3. The number of hydrogen-bond acceptors (Lipinski definition) is 6. The van der Waals surface area contributed by atoms with Crippen molar-refractivity contribution in [3.05, 3.63) is 45.3 Å². The second-order valence-electron chi connectivity index (χ2n) is 9.06. The molecule has 0 atom stereocenters. The fourth-order valence-corrected chi connectivity index (χ4v) is 3.93. The van der Waals surface area contributed by atoms with E-state index in [1.807, 2.05) is 18.3 Å². The number of nitrogens with zero attached hydrogens (tertiary/aromatic N) is 1. The van der Waals surface area contributed by atoms with Crippen LogP contribution in [-0.2, 0) is 0 Å². The van der Waals surface area contributed by atoms with Crippen molar-refractivity contribution in [1.82, 2.24) is 21.0 Å². The van der Waals surface area contributed by atoms with Gasteiger partial charge in [-0.1, -0.05) is 55.3 Å². The molecule has 0 aromatic carbocycles. The van der Waals surface area contributed by atoms with Crippen molar-refractivity contribution >= 4 is 15.9 Å². The van der Waals surface area contributed by atoms with Crippen molar-refractivity contribution in [2.75, 3.05) is 46.3 Å². The van der Waals surface area contributed by atoms with E-state index in [9.17, 15) is 0 Å². The fourth-order valence-electron chi connectivity index (χ4n) is 3.48. The molecule has 6 nitrogen and oxygen atoms in total. The normalized spacial score (nSPS) is 18.7. The van der Waals surface area contributed by atoms with Gasteiger partial charge in [-0.15, -0.1) is 0 Å². The molecule has 30 heavy (non-hydrogen) atoms. The average molecular weight is 484 g/mol. The van der Waals surface area contributed by atoms with Gasteiger partial charge in [-0.2, -0.15) is 0 Å². The molecule has 1 rings (SSSR count). The topological polar surface area (TPSA) is 91.4 Å². The Balaban J connectivity index is 2.78. The monoisotopic (exact) mass is 482 g/mol. The summed E-state index contributed by atoms with van der Waals surface area (Å²) < 4.78 is 0.968. The molecule has 0 bridgehead atoms. The summed E-state index contributed by atoms with van der Waals surface area (Å²) in [6.45, 7) is 13.7. The molecule has 0 aromatic rings. The highest BCUT2D eigenvalue weighted by atomic mass is 79.9. The maximum Gasteiger partial charge on any atom is 0.0473 e. The van der Waals surface area contributed by atoms with Crippen molar-refractivity contribution in [3.8, 4) is 0 Å². The maximum atomic E-state index is 6.50. The number of piperidine rings is 1. The summed E-state index contributed by atoms with van der Waals surface area (Å²) in [5.74, 6) is 6.26. The molecule has 0 radical (unpaired) electrons. The Morgan fingerprint density at radius 3 is 2.60 bits per heavy atom. The van der Waals surface area contributed by atoms with Gasteiger partial charge in [0.1, 0.15) is 0 Å². The quantitative estimate of drug-likeness (QED) is 0.176. The third-order valence-corrected chi connectivity index (χ3v) is 5.52. The predicted octanol–water partition coefficient (Wildman–Crippen LogP) is 3.11. The van der Waals surface area contributed by atoms with E-state index in [4.69, 9.17) is 11.6 Å². The van der Waals surface area contributed by atoms with Crippen molar-refractivity contribution in [3.63, 3.8) is 0 Å². The number of hydrazine groups is 1. The van der Waals surface area contributed by atoms with Crippen LogP contribution in [0.2, 0.25) is 0 Å². The zero-order valence-corrected chi connectivity index (χ0v) is 21.2. The first kappa shape index (κ1) is 26.9. The van der Waals surface area contributed by atoms with E-state index in [-0.39, 0.29) is 5.41 Å². The van der Waals surface area contributed by atoms with Crippen LogP contribution in [0.1, 0.15) is 47.0 Å². The van der Waals surface area contributed by atoms with E-state index >= 15 is 0 Å². The predicted molar refractivity (Wildman–Crippen MR) is 134 cm³/mol. The Labute approximate surface area is 192 Å². The number of hydrogen-bond donors (Lipinski definition) is 5. The number of halogens is 1. The Hall–Kier alpha value is -1.12. The van der Waals surface area contributed by atoms with E-state index in [1.54, 1.807) is 0 Å². The lowest BCUT2D eigenvalue weighted by atomic mass is 9.96. The average Bonchev–Trinajstić information content (AvgIpc) is 2.68. The zero-order valence-electron chi connectivity index (χ0n) is 19.6. The van der Waals surface area contributed by atoms with Crippen LogP contribution in [-0.4, -0.2) is 51.3 Å². The van der Waals surface area contributed by atoms with Crippen LogP contribution in [0.4, 0.5) is 0 Å². The van der Waals surface area contributed by atoms with Crippen LogP contribution in [0.5, 0.6) is 0 Å². The van der Waals surface area contributed by atoms with Gasteiger partial charge in [0, 0.05) is 50.0 Å². The molecule has 1 heterocycles. The molecule has 0 saturated carbocycles. The van der Waals surface area contributed by atoms with Gasteiger partial charge in [-0.25, -0.2) is 5.01 Å². The Kier molecular flexibility index (Phi) is 12.6. The molecule has 0 unspecified atom stereocenters. The first-order valence-corrected chi connectivity index (χ1v) is 11.8. The Morgan fingerprint density at radius 2 is 2.03 bits per heavy atom. The minimum Gasteiger partial charge on any atom is -0.398 e. The number of nitrogens with one attached hydrogen (secondary N) is 3. The molecule has 0 aliphatic carbocycles. The standard InChI is InChI=1S/C23H43BrN6/c1-6-8-20(16-30(26)17-23(2,3)4)22(25)21(24)15-29-14-19(10-12-27-5)18-9-7-11-28-13-18/h8,10,12,27-29H,6-7,9,11,13-17,25-26H2,1-5H3/b12-10-,19-18+,20-8-,22-21-. The summed E-state index contributed by atoms with van der Waals surface area (Å²) in [5, 5.41) is 12.0. The minimum absolute atomic E-state index is 0.141. The Bertz CT molecular complexity index is 635. The molecular formula is C23H43BrN6. The van der Waals surface area contributed by atoms with Crippen molar-refractivity contribution < 1.29 is 0 Å². The van der Waals surface area contributed by atoms with Gasteiger partial charge < -0.3 is 21.7 Å². The lowest BCUT2D eigenvalue weighted by molar-refractivity contribution is 0.209. The fraction of sp³-hybridized carbons (Fsp3) is 0.652. The highest BCUT2D eigenvalue weighted by Crippen LogP contribution is 2.19. The number of rotatable bonds is 11. The molecule has 0 spiro atoms. The van der Waals surface area contributed by atoms with Gasteiger partial charge in [0.15, 0.2) is 0 Å². The molecular weight excluding hydrogens is 440 g/mol. The SMILES string of the molecule is CC/C=C(CN(N)CC(C)(C)C)\C(N)=C(\Br)CNCC(/C=C\NC)=C1\CCCNC1. The van der Waals surface area contributed by atoms with E-state index in [0.717, 1.165) is 54.8 Å². The summed E-state index contributed by atoms with van der Waals surface area (Å²) in [6, 6.07) is 0. The van der Waals surface area contributed by atoms with E-state index in [0.29, 0.717) is 13.1 Å². The molecule has 0 aromatic heterocycles. The second kappa shape index (κ2) is 14.0. The molecule has 0 amide bonds. The minimum atomic E-state index is 0.141. The largest absolute Gasteiger partial charge is 0.398 e. The van der Waals surface area contributed by atoms with Crippen LogP contribution >= 0.6 is 15.9 Å². The number of allylic oxidation sites excluding steroid dienone is 1. The second-order valence-corrected chi connectivity index (χ2v) is 10.0. The molecule has 1 aliphatic heterocycles. The Morgan fingerprint density at radius 1 is 1.30 bits per heavy atom. The van der Waals surface area contributed by atoms with E-state index < -0.39 is 0 Å². The molecule has 172 valence electrons. The van der Waals surface area contributed by atoms with Gasteiger partial charge in [-0.05, 0) is 54.6 Å². The highest BCUT2D eigenvalue weighted by molar-refractivity contribution is 9.11. The van der Waals surface area contributed by atoms with E-state index in [1.165, 1.54) is 17.6 Å².